The number of nitrogens with two attached hydrogens (primary N) is 1. The molecule has 0 heterocycles. The van der Waals surface area contributed by atoms with Crippen LogP contribution in [-0.4, -0.2) is 35.6 Å². The maximum Gasteiger partial charge on any atom is 0.321 e. The average Bonchev–Trinajstić information content (AvgIpc) is 2.38. The topological polar surface area (TPSA) is 91.0 Å². The SMILES string of the molecule is CCN(C)C(=O)Nc1ccc(F)cc1/C(N)=N/O. The lowest BCUT2D eigenvalue weighted by Crippen LogP contribution is -2.32. The van der Waals surface area contributed by atoms with E-state index in [-0.39, 0.29) is 23.1 Å². The number of nitrogens with one attached hydrogen (secondary N) is 1. The fourth-order valence-corrected chi connectivity index (χ4v) is 1.25. The normalized spacial score (nSPS) is 11.2. The van der Waals surface area contributed by atoms with Crippen LogP contribution in [0.3, 0.4) is 0 Å². The minimum absolute atomic E-state index is 0.121. The Morgan fingerprint density at radius 3 is 2.83 bits per heavy atom. The number of nitrogens with zero attached hydrogens (tertiary/aromatic N) is 2. The van der Waals surface area contributed by atoms with Crippen LogP contribution in [0.2, 0.25) is 0 Å². The molecule has 0 atom stereocenters. The van der Waals surface area contributed by atoms with Gasteiger partial charge < -0.3 is 21.2 Å². The Hall–Kier alpha value is -2.31. The van der Waals surface area contributed by atoms with Gasteiger partial charge in [-0.15, -0.1) is 0 Å². The van der Waals surface area contributed by atoms with Gasteiger partial charge in [0.15, 0.2) is 5.84 Å². The van der Waals surface area contributed by atoms with Gasteiger partial charge in [0.25, 0.3) is 0 Å². The van der Waals surface area contributed by atoms with E-state index in [0.717, 1.165) is 6.07 Å². The number of carbonyl (C=O) groups excluding carboxylic acids is 1. The van der Waals surface area contributed by atoms with E-state index < -0.39 is 5.82 Å². The summed E-state index contributed by atoms with van der Waals surface area (Å²) in [4.78, 5) is 13.1. The number of halogens is 1. The molecule has 4 N–H and O–H groups in total. The zero-order valence-corrected chi connectivity index (χ0v) is 10.1. The molecule has 0 spiro atoms. The highest BCUT2D eigenvalue weighted by molar-refractivity contribution is 6.05. The molecule has 0 aliphatic heterocycles. The third kappa shape index (κ3) is 3.09. The number of benzene rings is 1. The first-order valence-electron chi connectivity index (χ1n) is 5.29. The zero-order chi connectivity index (χ0) is 13.7. The lowest BCUT2D eigenvalue weighted by atomic mass is 10.1. The van der Waals surface area contributed by atoms with Crippen molar-refractivity contribution >= 4 is 17.6 Å². The molecule has 1 rings (SSSR count). The molecule has 0 bridgehead atoms. The lowest BCUT2D eigenvalue weighted by molar-refractivity contribution is 0.224. The summed E-state index contributed by atoms with van der Waals surface area (Å²) < 4.78 is 13.1. The molecule has 18 heavy (non-hydrogen) atoms. The predicted molar refractivity (Wildman–Crippen MR) is 66.2 cm³/mol. The van der Waals surface area contributed by atoms with E-state index in [1.807, 2.05) is 6.92 Å². The quantitative estimate of drug-likeness (QED) is 0.329. The second kappa shape index (κ2) is 5.85. The summed E-state index contributed by atoms with van der Waals surface area (Å²) in [6.07, 6.45) is 0. The van der Waals surface area contributed by atoms with Crippen molar-refractivity contribution in [3.05, 3.63) is 29.6 Å². The van der Waals surface area contributed by atoms with E-state index in [1.165, 1.54) is 17.0 Å². The van der Waals surface area contributed by atoms with Crippen molar-refractivity contribution in [3.63, 3.8) is 0 Å². The van der Waals surface area contributed by atoms with Crippen LogP contribution in [0.15, 0.2) is 23.4 Å². The summed E-state index contributed by atoms with van der Waals surface area (Å²) in [6, 6.07) is 3.24. The number of carbonyl (C=O) groups is 1. The summed E-state index contributed by atoms with van der Waals surface area (Å²) in [6.45, 7) is 2.33. The minimum Gasteiger partial charge on any atom is -0.409 e. The molecule has 7 heteroatoms. The van der Waals surface area contributed by atoms with Gasteiger partial charge in [0.05, 0.1) is 5.69 Å². The number of rotatable bonds is 3. The van der Waals surface area contributed by atoms with E-state index >= 15 is 0 Å². The molecule has 6 nitrogen and oxygen atoms in total. The highest BCUT2D eigenvalue weighted by Crippen LogP contribution is 2.17. The fourth-order valence-electron chi connectivity index (χ4n) is 1.25. The number of urea groups is 1. The van der Waals surface area contributed by atoms with E-state index in [9.17, 15) is 9.18 Å². The summed E-state index contributed by atoms with van der Waals surface area (Å²) >= 11 is 0. The average molecular weight is 254 g/mol. The number of anilines is 1. The minimum atomic E-state index is -0.543. The van der Waals surface area contributed by atoms with Crippen LogP contribution in [0.4, 0.5) is 14.9 Å². The molecule has 98 valence electrons. The van der Waals surface area contributed by atoms with Crippen LogP contribution in [0.1, 0.15) is 12.5 Å². The Morgan fingerprint density at radius 1 is 1.61 bits per heavy atom. The molecule has 1 aromatic carbocycles. The Bertz CT molecular complexity index is 476. The van der Waals surface area contributed by atoms with Crippen LogP contribution in [0.5, 0.6) is 0 Å². The van der Waals surface area contributed by atoms with Gasteiger partial charge in [-0.1, -0.05) is 5.16 Å². The Kier molecular flexibility index (Phi) is 4.47. The molecule has 0 saturated heterocycles. The first kappa shape index (κ1) is 13.8. The van der Waals surface area contributed by atoms with E-state index in [1.54, 1.807) is 7.05 Å². The Morgan fingerprint density at radius 2 is 2.28 bits per heavy atom. The number of oxime groups is 1. The lowest BCUT2D eigenvalue weighted by Gasteiger charge is -2.17. The molecule has 0 unspecified atom stereocenters. The third-order valence-corrected chi connectivity index (χ3v) is 2.43. The van der Waals surface area contributed by atoms with E-state index in [2.05, 4.69) is 10.5 Å². The molecule has 0 fully saturated rings. The molecular weight excluding hydrogens is 239 g/mol. The summed E-state index contributed by atoms with van der Waals surface area (Å²) in [7, 11) is 1.61. The summed E-state index contributed by atoms with van der Waals surface area (Å²) in [5.41, 5.74) is 5.81. The predicted octanol–water partition coefficient (Wildman–Crippen LogP) is 1.40. The monoisotopic (exact) mass is 254 g/mol. The maximum absolute atomic E-state index is 13.1. The van der Waals surface area contributed by atoms with Crippen LogP contribution >= 0.6 is 0 Å². The Balaban J connectivity index is 3.06. The Labute approximate surface area is 104 Å². The smallest absolute Gasteiger partial charge is 0.321 e. The summed E-state index contributed by atoms with van der Waals surface area (Å²) in [5.74, 6) is -0.817. The van der Waals surface area contributed by atoms with Crippen molar-refractivity contribution < 1.29 is 14.4 Å². The van der Waals surface area contributed by atoms with Gasteiger partial charge in [-0.05, 0) is 25.1 Å². The van der Waals surface area contributed by atoms with Gasteiger partial charge >= 0.3 is 6.03 Å². The number of amidine groups is 1. The van der Waals surface area contributed by atoms with Gasteiger partial charge in [0, 0.05) is 19.2 Å². The fraction of sp³-hybridized carbons (Fsp3) is 0.273. The van der Waals surface area contributed by atoms with Gasteiger partial charge in [-0.3, -0.25) is 0 Å². The molecule has 1 aromatic rings. The molecule has 0 aliphatic carbocycles. The molecule has 0 radical (unpaired) electrons. The van der Waals surface area contributed by atoms with Crippen molar-refractivity contribution in [2.24, 2.45) is 10.9 Å². The first-order chi connectivity index (χ1) is 8.49. The first-order valence-corrected chi connectivity index (χ1v) is 5.29. The number of hydrogen-bond acceptors (Lipinski definition) is 3. The van der Waals surface area contributed by atoms with Gasteiger partial charge in [0.2, 0.25) is 0 Å². The van der Waals surface area contributed by atoms with Crippen molar-refractivity contribution in [2.45, 2.75) is 6.92 Å². The second-order valence-electron chi connectivity index (χ2n) is 3.62. The van der Waals surface area contributed by atoms with Crippen LogP contribution < -0.4 is 11.1 Å². The number of hydrogen-bond donors (Lipinski definition) is 3. The van der Waals surface area contributed by atoms with Gasteiger partial charge in [-0.2, -0.15) is 0 Å². The van der Waals surface area contributed by atoms with Crippen molar-refractivity contribution in [1.82, 2.24) is 4.90 Å². The molecule has 0 aliphatic rings. The third-order valence-electron chi connectivity index (χ3n) is 2.43. The van der Waals surface area contributed by atoms with Crippen LogP contribution in [-0.2, 0) is 0 Å². The highest BCUT2D eigenvalue weighted by Gasteiger charge is 2.13. The second-order valence-corrected chi connectivity index (χ2v) is 3.62. The maximum atomic E-state index is 13.1. The standard InChI is InChI=1S/C11H15FN4O2/c1-3-16(2)11(17)14-9-5-4-7(12)6-8(9)10(13)15-18/h4-6,18H,3H2,1-2H3,(H2,13,15)(H,14,17). The van der Waals surface area contributed by atoms with Gasteiger partial charge in [-0.25, -0.2) is 9.18 Å². The van der Waals surface area contributed by atoms with E-state index in [0.29, 0.717) is 6.54 Å². The zero-order valence-electron chi connectivity index (χ0n) is 10.1. The molecular formula is C11H15FN4O2. The van der Waals surface area contributed by atoms with Gasteiger partial charge in [0.1, 0.15) is 5.82 Å². The van der Waals surface area contributed by atoms with Crippen molar-refractivity contribution in [2.75, 3.05) is 18.9 Å². The largest absolute Gasteiger partial charge is 0.409 e. The number of amides is 2. The van der Waals surface area contributed by atoms with Crippen molar-refractivity contribution in [3.8, 4) is 0 Å². The molecule has 0 aromatic heterocycles. The van der Waals surface area contributed by atoms with Crippen LogP contribution in [0, 0.1) is 5.82 Å². The van der Waals surface area contributed by atoms with Crippen LogP contribution in [0.25, 0.3) is 0 Å². The van der Waals surface area contributed by atoms with Crippen molar-refractivity contribution in [1.29, 1.82) is 0 Å². The molecule has 0 saturated carbocycles. The highest BCUT2D eigenvalue weighted by atomic mass is 19.1. The summed E-state index contributed by atoms with van der Waals surface area (Å²) in [5, 5.41) is 14.0. The van der Waals surface area contributed by atoms with E-state index in [4.69, 9.17) is 10.9 Å². The molecule has 2 amide bonds.